The zero-order valence-corrected chi connectivity index (χ0v) is 15.1. The summed E-state index contributed by atoms with van der Waals surface area (Å²) in [6.07, 6.45) is 1.44. The highest BCUT2D eigenvalue weighted by molar-refractivity contribution is 6.35. The highest BCUT2D eigenvalue weighted by Crippen LogP contribution is 2.29. The monoisotopic (exact) mass is 382 g/mol. The van der Waals surface area contributed by atoms with Crippen LogP contribution >= 0.6 is 23.2 Å². The molecule has 0 aliphatic heterocycles. The number of methoxy groups -OCH3 is 2. The van der Waals surface area contributed by atoms with Crippen LogP contribution < -0.4 is 14.8 Å². The molecule has 6 nitrogen and oxygen atoms in total. The molecule has 0 spiro atoms. The van der Waals surface area contributed by atoms with Gasteiger partial charge in [-0.25, -0.2) is 0 Å². The fourth-order valence-electron chi connectivity index (χ4n) is 2.03. The predicted molar refractivity (Wildman–Crippen MR) is 98.2 cm³/mol. The summed E-state index contributed by atoms with van der Waals surface area (Å²) in [6, 6.07) is 10.1. The number of rotatable bonds is 7. The van der Waals surface area contributed by atoms with Crippen LogP contribution in [0, 0.1) is 0 Å². The molecule has 0 aromatic heterocycles. The number of benzene rings is 2. The first-order valence-electron chi connectivity index (χ1n) is 7.15. The number of para-hydroxylation sites is 1. The Hall–Kier alpha value is -2.44. The van der Waals surface area contributed by atoms with E-state index in [1.165, 1.54) is 13.3 Å². The topological polar surface area (TPSA) is 69.2 Å². The second kappa shape index (κ2) is 9.15. The normalized spacial score (nSPS) is 10.6. The molecule has 132 valence electrons. The van der Waals surface area contributed by atoms with E-state index in [0.717, 1.165) is 0 Å². The van der Waals surface area contributed by atoms with Crippen molar-refractivity contribution < 1.29 is 19.1 Å². The quantitative estimate of drug-likeness (QED) is 0.580. The van der Waals surface area contributed by atoms with Gasteiger partial charge in [0, 0.05) is 21.3 Å². The first-order valence-corrected chi connectivity index (χ1v) is 7.91. The number of hydrogen-bond donors (Lipinski definition) is 1. The zero-order chi connectivity index (χ0) is 18.2. The van der Waals surface area contributed by atoms with E-state index in [9.17, 15) is 4.79 Å². The molecule has 0 radical (unpaired) electrons. The number of carbonyl (C=O) groups excluding carboxylic acids is 1. The number of nitrogens with zero attached hydrogens (tertiary/aromatic N) is 1. The molecule has 0 fully saturated rings. The largest absolute Gasteiger partial charge is 0.493 e. The van der Waals surface area contributed by atoms with Gasteiger partial charge in [0.25, 0.3) is 5.91 Å². The molecule has 0 aliphatic rings. The van der Waals surface area contributed by atoms with Gasteiger partial charge in [-0.15, -0.1) is 0 Å². The van der Waals surface area contributed by atoms with Gasteiger partial charge in [-0.1, -0.05) is 34.4 Å². The van der Waals surface area contributed by atoms with Crippen LogP contribution in [0.5, 0.6) is 11.5 Å². The second-order valence-corrected chi connectivity index (χ2v) is 5.67. The maximum Gasteiger partial charge on any atom is 0.265 e. The highest BCUT2D eigenvalue weighted by Gasteiger charge is 2.08. The van der Waals surface area contributed by atoms with Gasteiger partial charge in [-0.3, -0.25) is 4.79 Å². The predicted octanol–water partition coefficient (Wildman–Crippen LogP) is 4.00. The Balaban J connectivity index is 1.92. The molecular weight excluding hydrogens is 367 g/mol. The third-order valence-corrected chi connectivity index (χ3v) is 3.48. The maximum absolute atomic E-state index is 11.8. The van der Waals surface area contributed by atoms with Crippen molar-refractivity contribution in [3.8, 4) is 11.5 Å². The Labute approximate surface area is 155 Å². The van der Waals surface area contributed by atoms with Crippen molar-refractivity contribution in [1.29, 1.82) is 0 Å². The van der Waals surface area contributed by atoms with E-state index < -0.39 is 5.91 Å². The summed E-state index contributed by atoms with van der Waals surface area (Å²) >= 11 is 11.7. The lowest BCUT2D eigenvalue weighted by molar-refractivity contribution is -0.120. The van der Waals surface area contributed by atoms with Crippen LogP contribution in [0.3, 0.4) is 0 Å². The van der Waals surface area contributed by atoms with Gasteiger partial charge in [-0.05, 0) is 30.3 Å². The van der Waals surface area contributed by atoms with Crippen LogP contribution in [0.4, 0.5) is 5.69 Å². The number of hydrogen-bond acceptors (Lipinski definition) is 5. The molecular formula is C17H16Cl2N2O4. The van der Waals surface area contributed by atoms with Crippen molar-refractivity contribution >= 4 is 41.0 Å². The summed E-state index contributed by atoms with van der Waals surface area (Å²) in [6.45, 7) is -0.271. The molecule has 2 rings (SSSR count). The summed E-state index contributed by atoms with van der Waals surface area (Å²) in [4.78, 5) is 16.8. The second-order valence-electron chi connectivity index (χ2n) is 4.80. The molecule has 0 saturated heterocycles. The van der Waals surface area contributed by atoms with Crippen molar-refractivity contribution in [2.75, 3.05) is 26.1 Å². The summed E-state index contributed by atoms with van der Waals surface area (Å²) in [5.41, 5.74) is 1.13. The minimum atomic E-state index is -0.395. The van der Waals surface area contributed by atoms with Crippen molar-refractivity contribution in [2.45, 2.75) is 0 Å². The number of oxime groups is 1. The number of halogens is 2. The van der Waals surface area contributed by atoms with Gasteiger partial charge in [-0.2, -0.15) is 0 Å². The van der Waals surface area contributed by atoms with E-state index in [2.05, 4.69) is 10.5 Å². The number of anilines is 1. The van der Waals surface area contributed by atoms with Gasteiger partial charge in [0.05, 0.1) is 20.4 Å². The van der Waals surface area contributed by atoms with Crippen LogP contribution in [0.1, 0.15) is 5.56 Å². The third kappa shape index (κ3) is 5.55. The van der Waals surface area contributed by atoms with Gasteiger partial charge in [0.15, 0.2) is 18.1 Å². The average Bonchev–Trinajstić information content (AvgIpc) is 2.57. The molecule has 2 aromatic carbocycles. The molecule has 0 bridgehead atoms. The van der Waals surface area contributed by atoms with Crippen LogP contribution in [-0.2, 0) is 9.63 Å². The number of ether oxygens (including phenoxy) is 2. The van der Waals surface area contributed by atoms with Crippen molar-refractivity contribution in [3.63, 3.8) is 0 Å². The summed E-state index contributed by atoms with van der Waals surface area (Å²) in [5, 5.41) is 7.23. The molecule has 0 saturated carbocycles. The van der Waals surface area contributed by atoms with Gasteiger partial charge in [0.1, 0.15) is 0 Å². The maximum atomic E-state index is 11.8. The summed E-state index contributed by atoms with van der Waals surface area (Å²) < 4.78 is 10.5. The van der Waals surface area contributed by atoms with E-state index in [0.29, 0.717) is 32.8 Å². The van der Waals surface area contributed by atoms with E-state index in [-0.39, 0.29) is 6.61 Å². The number of nitrogens with one attached hydrogen (secondary N) is 1. The smallest absolute Gasteiger partial charge is 0.265 e. The Morgan fingerprint density at radius 1 is 1.16 bits per heavy atom. The third-order valence-electron chi connectivity index (χ3n) is 3.04. The van der Waals surface area contributed by atoms with E-state index >= 15 is 0 Å². The highest BCUT2D eigenvalue weighted by atomic mass is 35.5. The molecule has 1 N–H and O–H groups in total. The number of carbonyl (C=O) groups is 1. The minimum Gasteiger partial charge on any atom is -0.493 e. The molecule has 0 heterocycles. The van der Waals surface area contributed by atoms with E-state index in [1.54, 1.807) is 43.5 Å². The molecule has 0 aliphatic carbocycles. The Bertz CT molecular complexity index is 761. The van der Waals surface area contributed by atoms with Gasteiger partial charge >= 0.3 is 0 Å². The van der Waals surface area contributed by atoms with E-state index in [1.807, 2.05) is 0 Å². The van der Waals surface area contributed by atoms with Crippen LogP contribution in [-0.4, -0.2) is 32.9 Å². The first kappa shape index (κ1) is 18.9. The fraction of sp³-hybridized carbons (Fsp3) is 0.176. The van der Waals surface area contributed by atoms with Crippen molar-refractivity contribution in [1.82, 2.24) is 0 Å². The van der Waals surface area contributed by atoms with Crippen LogP contribution in [0.25, 0.3) is 0 Å². The van der Waals surface area contributed by atoms with Gasteiger partial charge in [0.2, 0.25) is 0 Å². The first-order chi connectivity index (χ1) is 12.0. The Kier molecular flexibility index (Phi) is 6.91. The van der Waals surface area contributed by atoms with Crippen LogP contribution in [0.2, 0.25) is 10.0 Å². The molecule has 2 aromatic rings. The molecule has 8 heteroatoms. The Morgan fingerprint density at radius 3 is 2.52 bits per heavy atom. The molecule has 1 amide bonds. The average molecular weight is 383 g/mol. The van der Waals surface area contributed by atoms with Crippen molar-refractivity contribution in [3.05, 3.63) is 52.0 Å². The number of amides is 1. The minimum absolute atomic E-state index is 0.271. The van der Waals surface area contributed by atoms with Crippen LogP contribution in [0.15, 0.2) is 41.6 Å². The van der Waals surface area contributed by atoms with Crippen molar-refractivity contribution in [2.24, 2.45) is 5.16 Å². The lowest BCUT2D eigenvalue weighted by atomic mass is 10.2. The fourth-order valence-corrected chi connectivity index (χ4v) is 2.55. The molecule has 0 atom stereocenters. The zero-order valence-electron chi connectivity index (χ0n) is 13.6. The van der Waals surface area contributed by atoms with E-state index in [4.69, 9.17) is 37.5 Å². The standard InChI is InChI=1S/C17H16Cl2N2O4/c1-23-15-5-3-4-11(17(15)24-2)9-20-25-10-16(22)21-14-7-12(18)6-13(19)8-14/h3-9H,10H2,1-2H3,(H,21,22)/b20-9-. The molecule has 25 heavy (non-hydrogen) atoms. The SMILES string of the molecule is COc1cccc(/C=N\OCC(=O)Nc2cc(Cl)cc(Cl)c2)c1OC. The summed E-state index contributed by atoms with van der Waals surface area (Å²) in [5.74, 6) is 0.700. The summed E-state index contributed by atoms with van der Waals surface area (Å²) in [7, 11) is 3.07. The lowest BCUT2D eigenvalue weighted by Crippen LogP contribution is -2.17. The lowest BCUT2D eigenvalue weighted by Gasteiger charge is -2.09. The van der Waals surface area contributed by atoms with Gasteiger partial charge < -0.3 is 19.6 Å². The Morgan fingerprint density at radius 2 is 1.88 bits per heavy atom. The molecule has 0 unspecified atom stereocenters.